The van der Waals surface area contributed by atoms with Crippen LogP contribution in [0.1, 0.15) is 18.9 Å². The molecule has 0 spiro atoms. The number of thioether (sulfide) groups is 1. The van der Waals surface area contributed by atoms with Gasteiger partial charge in [-0.2, -0.15) is 0 Å². The van der Waals surface area contributed by atoms with Crippen molar-refractivity contribution in [3.8, 4) is 0 Å². The molecule has 1 aromatic rings. The van der Waals surface area contributed by atoms with E-state index in [2.05, 4.69) is 4.98 Å². The van der Waals surface area contributed by atoms with Gasteiger partial charge in [0.15, 0.2) is 0 Å². The van der Waals surface area contributed by atoms with E-state index in [0.29, 0.717) is 0 Å². The monoisotopic (exact) mass is 354 g/mol. The van der Waals surface area contributed by atoms with E-state index < -0.39 is 18.0 Å². The van der Waals surface area contributed by atoms with Gasteiger partial charge in [-0.25, -0.2) is 9.78 Å². The lowest BCUT2D eigenvalue weighted by molar-refractivity contribution is -0.163. The standard InChI is InChI=1S/C15H18N2O4S2/c1-7-11-10(8(2)18)14(19)17(11)12(15(20)21)13(7)23-5-3-9-16-4-6-22-9/h4,6-8,10-11,18H,3,5H2,1-2H3,(H,20,21). The minimum absolute atomic E-state index is 0.0697. The van der Waals surface area contributed by atoms with Gasteiger partial charge in [0.05, 0.1) is 23.1 Å². The molecule has 1 aromatic heterocycles. The second-order valence-corrected chi connectivity index (χ2v) is 7.91. The zero-order valence-corrected chi connectivity index (χ0v) is 14.4. The van der Waals surface area contributed by atoms with Gasteiger partial charge in [-0.3, -0.25) is 4.79 Å². The zero-order chi connectivity index (χ0) is 16.7. The SMILES string of the molecule is CC(O)C1C(=O)N2C(C(=O)O)=C(SCCc3nccs3)C(C)C12. The summed E-state index contributed by atoms with van der Waals surface area (Å²) in [5.41, 5.74) is 0.0912. The quantitative estimate of drug-likeness (QED) is 0.754. The van der Waals surface area contributed by atoms with E-state index in [1.807, 2.05) is 12.3 Å². The van der Waals surface area contributed by atoms with Crippen LogP contribution in [0.15, 0.2) is 22.2 Å². The Balaban J connectivity index is 1.77. The first-order valence-electron chi connectivity index (χ1n) is 7.43. The summed E-state index contributed by atoms with van der Waals surface area (Å²) in [5.74, 6) is -1.22. The molecule has 0 aliphatic carbocycles. The number of aliphatic carboxylic acids is 1. The molecule has 0 bridgehead atoms. The van der Waals surface area contributed by atoms with E-state index in [1.165, 1.54) is 16.7 Å². The summed E-state index contributed by atoms with van der Waals surface area (Å²) in [7, 11) is 0. The number of hydrogen-bond acceptors (Lipinski definition) is 6. The summed E-state index contributed by atoms with van der Waals surface area (Å²) < 4.78 is 0. The van der Waals surface area contributed by atoms with Crippen LogP contribution in [-0.4, -0.2) is 49.9 Å². The van der Waals surface area contributed by atoms with Gasteiger partial charge in [0.25, 0.3) is 0 Å². The molecular formula is C15H18N2O4S2. The molecule has 1 amide bonds. The minimum Gasteiger partial charge on any atom is -0.477 e. The Morgan fingerprint density at radius 3 is 2.87 bits per heavy atom. The molecule has 2 N–H and O–H groups in total. The van der Waals surface area contributed by atoms with Crippen LogP contribution < -0.4 is 0 Å². The first kappa shape index (κ1) is 16.5. The maximum atomic E-state index is 12.2. The van der Waals surface area contributed by atoms with Crippen molar-refractivity contribution in [2.24, 2.45) is 11.8 Å². The number of carbonyl (C=O) groups is 2. The number of β-lactam (4-membered cyclic amide) rings is 1. The molecule has 0 saturated carbocycles. The van der Waals surface area contributed by atoms with E-state index >= 15 is 0 Å². The van der Waals surface area contributed by atoms with Crippen molar-refractivity contribution in [2.75, 3.05) is 5.75 Å². The molecule has 0 aromatic carbocycles. The number of thiazole rings is 1. The van der Waals surface area contributed by atoms with E-state index in [1.54, 1.807) is 24.5 Å². The third-order valence-electron chi connectivity index (χ3n) is 4.37. The predicted molar refractivity (Wildman–Crippen MR) is 87.9 cm³/mol. The molecule has 4 unspecified atom stereocenters. The maximum Gasteiger partial charge on any atom is 0.353 e. The summed E-state index contributed by atoms with van der Waals surface area (Å²) in [6.45, 7) is 3.52. The molecule has 124 valence electrons. The van der Waals surface area contributed by atoms with Crippen molar-refractivity contribution in [1.29, 1.82) is 0 Å². The normalized spacial score (nSPS) is 27.9. The molecule has 1 saturated heterocycles. The van der Waals surface area contributed by atoms with Gasteiger partial charge in [-0.15, -0.1) is 23.1 Å². The molecule has 6 nitrogen and oxygen atoms in total. The van der Waals surface area contributed by atoms with Crippen LogP contribution in [0.25, 0.3) is 0 Å². The molecule has 3 heterocycles. The highest BCUT2D eigenvalue weighted by molar-refractivity contribution is 8.03. The average Bonchev–Trinajstić information content (AvgIpc) is 3.05. The van der Waals surface area contributed by atoms with Crippen LogP contribution in [0.3, 0.4) is 0 Å². The fourth-order valence-corrected chi connectivity index (χ4v) is 5.33. The first-order valence-corrected chi connectivity index (χ1v) is 9.29. The zero-order valence-electron chi connectivity index (χ0n) is 12.8. The number of rotatable bonds is 6. The van der Waals surface area contributed by atoms with Gasteiger partial charge < -0.3 is 15.1 Å². The van der Waals surface area contributed by atoms with Gasteiger partial charge in [0.1, 0.15) is 5.70 Å². The third-order valence-corrected chi connectivity index (χ3v) is 6.49. The van der Waals surface area contributed by atoms with Crippen molar-refractivity contribution in [1.82, 2.24) is 9.88 Å². The van der Waals surface area contributed by atoms with Crippen LogP contribution in [-0.2, 0) is 16.0 Å². The number of aromatic nitrogens is 1. The first-order chi connectivity index (χ1) is 10.9. The van der Waals surface area contributed by atoms with Crippen LogP contribution in [0, 0.1) is 11.8 Å². The lowest BCUT2D eigenvalue weighted by Gasteiger charge is -2.46. The second kappa shape index (κ2) is 6.26. The molecule has 1 fully saturated rings. The fraction of sp³-hybridized carbons (Fsp3) is 0.533. The Hall–Kier alpha value is -1.38. The molecule has 2 aliphatic rings. The number of aryl methyl sites for hydroxylation is 1. The lowest BCUT2D eigenvalue weighted by Crippen LogP contribution is -2.63. The van der Waals surface area contributed by atoms with Crippen molar-refractivity contribution >= 4 is 35.0 Å². The topological polar surface area (TPSA) is 90.7 Å². The van der Waals surface area contributed by atoms with Crippen LogP contribution in [0.4, 0.5) is 0 Å². The van der Waals surface area contributed by atoms with E-state index in [0.717, 1.165) is 22.1 Å². The van der Waals surface area contributed by atoms with Crippen molar-refractivity contribution in [2.45, 2.75) is 32.4 Å². The third kappa shape index (κ3) is 2.68. The van der Waals surface area contributed by atoms with E-state index in [-0.39, 0.29) is 23.6 Å². The number of carboxylic acid groups (broad SMARTS) is 1. The summed E-state index contributed by atoms with van der Waals surface area (Å²) in [4.78, 5) is 30.1. The summed E-state index contributed by atoms with van der Waals surface area (Å²) in [5, 5.41) is 22.2. The summed E-state index contributed by atoms with van der Waals surface area (Å²) in [6.07, 6.45) is 1.76. The minimum atomic E-state index is -1.08. The molecule has 3 rings (SSSR count). The lowest BCUT2D eigenvalue weighted by atomic mass is 9.79. The number of carbonyl (C=O) groups excluding carboxylic acids is 1. The fourth-order valence-electron chi connectivity index (χ4n) is 3.34. The van der Waals surface area contributed by atoms with Crippen molar-refractivity contribution in [3.05, 3.63) is 27.2 Å². The molecule has 23 heavy (non-hydrogen) atoms. The highest BCUT2D eigenvalue weighted by Gasteiger charge is 2.59. The smallest absolute Gasteiger partial charge is 0.353 e. The number of amides is 1. The molecule has 4 atom stereocenters. The number of fused-ring (bicyclic) bond motifs is 1. The van der Waals surface area contributed by atoms with Gasteiger partial charge in [-0.05, 0) is 6.92 Å². The van der Waals surface area contributed by atoms with Gasteiger partial charge in [-0.1, -0.05) is 6.92 Å². The molecular weight excluding hydrogens is 336 g/mol. The van der Waals surface area contributed by atoms with Gasteiger partial charge in [0.2, 0.25) is 5.91 Å². The Morgan fingerprint density at radius 2 is 2.30 bits per heavy atom. The van der Waals surface area contributed by atoms with Crippen molar-refractivity contribution in [3.63, 3.8) is 0 Å². The number of hydrogen-bond donors (Lipinski definition) is 2. The Labute approximate surface area is 142 Å². The van der Waals surface area contributed by atoms with E-state index in [9.17, 15) is 19.8 Å². The van der Waals surface area contributed by atoms with Crippen LogP contribution in [0.5, 0.6) is 0 Å². The molecule has 8 heteroatoms. The largest absolute Gasteiger partial charge is 0.477 e. The average molecular weight is 354 g/mol. The molecule has 2 aliphatic heterocycles. The maximum absolute atomic E-state index is 12.2. The Bertz CT molecular complexity index is 656. The number of nitrogens with zero attached hydrogens (tertiary/aromatic N) is 2. The number of aliphatic hydroxyl groups excluding tert-OH is 1. The summed E-state index contributed by atoms with van der Waals surface area (Å²) >= 11 is 3.06. The Kier molecular flexibility index (Phi) is 4.48. The highest BCUT2D eigenvalue weighted by atomic mass is 32.2. The predicted octanol–water partition coefficient (Wildman–Crippen LogP) is 1.57. The Morgan fingerprint density at radius 1 is 1.57 bits per heavy atom. The van der Waals surface area contributed by atoms with Crippen molar-refractivity contribution < 1.29 is 19.8 Å². The number of aliphatic hydroxyl groups is 1. The number of carboxylic acids is 1. The highest BCUT2D eigenvalue weighted by Crippen LogP contribution is 2.50. The molecule has 0 radical (unpaired) electrons. The van der Waals surface area contributed by atoms with E-state index in [4.69, 9.17) is 0 Å². The second-order valence-electron chi connectivity index (χ2n) is 5.80. The van der Waals surface area contributed by atoms with Crippen LogP contribution >= 0.6 is 23.1 Å². The van der Waals surface area contributed by atoms with Gasteiger partial charge >= 0.3 is 5.97 Å². The van der Waals surface area contributed by atoms with Gasteiger partial charge in [0, 0.05) is 34.6 Å². The summed E-state index contributed by atoms with van der Waals surface area (Å²) in [6, 6.07) is -0.240. The van der Waals surface area contributed by atoms with Crippen LogP contribution in [0.2, 0.25) is 0 Å².